The first-order valence-corrected chi connectivity index (χ1v) is 12.2. The number of halogens is 3. The van der Waals surface area contributed by atoms with Gasteiger partial charge in [-0.2, -0.15) is 0 Å². The lowest BCUT2D eigenvalue weighted by molar-refractivity contribution is 0.292. The minimum absolute atomic E-state index is 0.0347. The van der Waals surface area contributed by atoms with Crippen LogP contribution in [-0.2, 0) is 12.0 Å². The van der Waals surface area contributed by atoms with Crippen molar-refractivity contribution in [1.82, 2.24) is 19.1 Å². The van der Waals surface area contributed by atoms with Crippen molar-refractivity contribution in [1.29, 1.82) is 0 Å². The van der Waals surface area contributed by atoms with Crippen LogP contribution in [0.5, 0.6) is 5.75 Å². The smallest absolute Gasteiger partial charge is 0.277 e. The summed E-state index contributed by atoms with van der Waals surface area (Å²) in [6, 6.07) is 5.76. The fraction of sp³-hybridized carbons (Fsp3) is 0.286. The van der Waals surface area contributed by atoms with Crippen LogP contribution in [0.15, 0.2) is 52.4 Å². The summed E-state index contributed by atoms with van der Waals surface area (Å²) >= 11 is 6.37. The van der Waals surface area contributed by atoms with Gasteiger partial charge in [0.25, 0.3) is 11.1 Å². The van der Waals surface area contributed by atoms with Crippen LogP contribution < -0.4 is 15.9 Å². The zero-order valence-electron chi connectivity index (χ0n) is 21.9. The molecule has 0 N–H and O–H groups in total. The van der Waals surface area contributed by atoms with Crippen LogP contribution in [0.4, 0.5) is 8.78 Å². The summed E-state index contributed by atoms with van der Waals surface area (Å²) in [5.74, 6) is -1.29. The van der Waals surface area contributed by atoms with E-state index in [0.717, 1.165) is 11.8 Å². The van der Waals surface area contributed by atoms with E-state index in [-0.39, 0.29) is 34.0 Å². The maximum absolute atomic E-state index is 13.9. The highest BCUT2D eigenvalue weighted by molar-refractivity contribution is 6.31. The molecular weight excluding hydrogens is 514 g/mol. The van der Waals surface area contributed by atoms with E-state index >= 15 is 0 Å². The molecule has 4 aromatic rings. The van der Waals surface area contributed by atoms with E-state index in [2.05, 4.69) is 9.97 Å². The molecule has 0 unspecified atom stereocenters. The van der Waals surface area contributed by atoms with Crippen molar-refractivity contribution >= 4 is 11.6 Å². The molecule has 0 saturated carbocycles. The summed E-state index contributed by atoms with van der Waals surface area (Å²) in [6.07, 6.45) is 4.12. The lowest BCUT2D eigenvalue weighted by Crippen LogP contribution is -2.31. The third kappa shape index (κ3) is 5.11. The fourth-order valence-electron chi connectivity index (χ4n) is 4.38. The number of nitrogens with zero attached hydrogens (tertiary/aromatic N) is 4. The van der Waals surface area contributed by atoms with Crippen molar-refractivity contribution in [3.63, 3.8) is 0 Å². The Morgan fingerprint density at radius 2 is 1.68 bits per heavy atom. The quantitative estimate of drug-likeness (QED) is 0.333. The number of ether oxygens (including phenoxy) is 1. The van der Waals surface area contributed by atoms with E-state index in [0.29, 0.717) is 34.4 Å². The molecule has 4 aromatic heterocycles. The van der Waals surface area contributed by atoms with Crippen LogP contribution in [0.2, 0.25) is 5.02 Å². The summed E-state index contributed by atoms with van der Waals surface area (Å²) in [6.45, 7) is 11.0. The maximum atomic E-state index is 13.9. The number of hydrogen-bond donors (Lipinski definition) is 0. The van der Waals surface area contributed by atoms with Crippen molar-refractivity contribution in [2.75, 3.05) is 0 Å². The first-order valence-electron chi connectivity index (χ1n) is 11.8. The molecule has 10 heteroatoms. The minimum atomic E-state index is -0.868. The molecule has 0 bridgehead atoms. The first kappa shape index (κ1) is 27.2. The highest BCUT2D eigenvalue weighted by atomic mass is 35.5. The molecule has 7 nitrogen and oxygen atoms in total. The average Bonchev–Trinajstić information content (AvgIpc) is 2.82. The van der Waals surface area contributed by atoms with Crippen LogP contribution in [0.3, 0.4) is 0 Å². The van der Waals surface area contributed by atoms with Gasteiger partial charge in [-0.1, -0.05) is 32.4 Å². The molecule has 0 aromatic carbocycles. The van der Waals surface area contributed by atoms with Gasteiger partial charge in [-0.15, -0.1) is 0 Å². The van der Waals surface area contributed by atoms with Crippen molar-refractivity contribution < 1.29 is 13.5 Å². The summed E-state index contributed by atoms with van der Waals surface area (Å²) in [5, 5.41) is -0.224. The van der Waals surface area contributed by atoms with Gasteiger partial charge in [0.2, 0.25) is 0 Å². The van der Waals surface area contributed by atoms with Crippen molar-refractivity contribution in [3.05, 3.63) is 108 Å². The third-order valence-electron chi connectivity index (χ3n) is 6.15. The van der Waals surface area contributed by atoms with E-state index in [4.69, 9.17) is 16.3 Å². The van der Waals surface area contributed by atoms with Gasteiger partial charge in [-0.3, -0.25) is 23.7 Å². The zero-order valence-corrected chi connectivity index (χ0v) is 22.7. The normalized spacial score (nSPS) is 11.6. The molecule has 0 fully saturated rings. The largest absolute Gasteiger partial charge is 0.485 e. The maximum Gasteiger partial charge on any atom is 0.277 e. The van der Waals surface area contributed by atoms with E-state index in [9.17, 15) is 18.4 Å². The van der Waals surface area contributed by atoms with Gasteiger partial charge >= 0.3 is 0 Å². The Hall–Kier alpha value is -3.85. The Morgan fingerprint density at radius 1 is 0.974 bits per heavy atom. The second kappa shape index (κ2) is 10.1. The number of hydrogen-bond acceptors (Lipinski definition) is 5. The van der Waals surface area contributed by atoms with Crippen LogP contribution >= 0.6 is 11.6 Å². The lowest BCUT2D eigenvalue weighted by Gasteiger charge is -2.22. The van der Waals surface area contributed by atoms with Gasteiger partial charge in [0, 0.05) is 41.9 Å². The molecule has 4 rings (SSSR count). The first-order chi connectivity index (χ1) is 17.8. The molecule has 0 saturated heterocycles. The van der Waals surface area contributed by atoms with Crippen molar-refractivity contribution in [2.24, 2.45) is 0 Å². The fourth-order valence-corrected chi connectivity index (χ4v) is 4.57. The minimum Gasteiger partial charge on any atom is -0.485 e. The van der Waals surface area contributed by atoms with Crippen molar-refractivity contribution in [3.8, 4) is 17.3 Å². The summed E-state index contributed by atoms with van der Waals surface area (Å²) in [5.41, 5.74) is 1.95. The standard InChI is InChI=1S/C28H27ClF2N4O3/c1-15-7-8-34(26(36)24(15)28(4,5)6)23-11-21(16(2)12-33-23)35-17(3)9-22(25(29)27(35)37)38-14-20-19(31)10-18(30)13-32-20/h7-13H,14H2,1-6H3. The molecule has 4 heterocycles. The van der Waals surface area contributed by atoms with Gasteiger partial charge in [0.1, 0.15) is 34.7 Å². The molecule has 0 aliphatic heterocycles. The second-order valence-corrected chi connectivity index (χ2v) is 10.5. The number of pyridine rings is 4. The van der Waals surface area contributed by atoms with Gasteiger partial charge in [-0.25, -0.2) is 13.8 Å². The molecule has 198 valence electrons. The van der Waals surface area contributed by atoms with Gasteiger partial charge < -0.3 is 4.74 Å². The summed E-state index contributed by atoms with van der Waals surface area (Å²) in [7, 11) is 0. The topological polar surface area (TPSA) is 79.0 Å². The predicted octanol–water partition coefficient (Wildman–Crippen LogP) is 5.51. The lowest BCUT2D eigenvalue weighted by atomic mass is 9.85. The predicted molar refractivity (Wildman–Crippen MR) is 142 cm³/mol. The molecule has 0 aliphatic rings. The number of rotatable bonds is 5. The Bertz CT molecular complexity index is 1670. The molecule has 0 amide bonds. The summed E-state index contributed by atoms with van der Waals surface area (Å²) < 4.78 is 35.5. The molecule has 38 heavy (non-hydrogen) atoms. The monoisotopic (exact) mass is 540 g/mol. The third-order valence-corrected chi connectivity index (χ3v) is 6.49. The van der Waals surface area contributed by atoms with Gasteiger partial charge in [0.05, 0.1) is 11.9 Å². The number of aromatic nitrogens is 4. The molecule has 0 atom stereocenters. The Kier molecular flexibility index (Phi) is 7.25. The molecule has 0 spiro atoms. The zero-order chi connectivity index (χ0) is 27.9. The summed E-state index contributed by atoms with van der Waals surface area (Å²) in [4.78, 5) is 34.9. The van der Waals surface area contributed by atoms with Gasteiger partial charge in [0.15, 0.2) is 5.82 Å². The number of aryl methyl sites for hydroxylation is 3. The average molecular weight is 541 g/mol. The highest BCUT2D eigenvalue weighted by Crippen LogP contribution is 2.27. The van der Waals surface area contributed by atoms with E-state index in [1.54, 1.807) is 38.4 Å². The Balaban J connectivity index is 1.77. The van der Waals surface area contributed by atoms with Crippen LogP contribution in [0.1, 0.15) is 48.8 Å². The molecule has 0 aliphatic carbocycles. The van der Waals surface area contributed by atoms with Crippen LogP contribution in [0, 0.1) is 32.4 Å². The van der Waals surface area contributed by atoms with E-state index in [1.165, 1.54) is 9.13 Å². The van der Waals surface area contributed by atoms with Crippen LogP contribution in [0.25, 0.3) is 11.5 Å². The van der Waals surface area contributed by atoms with E-state index < -0.39 is 17.2 Å². The van der Waals surface area contributed by atoms with Crippen LogP contribution in [-0.4, -0.2) is 19.1 Å². The Morgan fingerprint density at radius 3 is 2.34 bits per heavy atom. The van der Waals surface area contributed by atoms with Crippen molar-refractivity contribution in [2.45, 2.75) is 53.6 Å². The Labute approximate surface area is 223 Å². The van der Waals surface area contributed by atoms with E-state index in [1.807, 2.05) is 33.8 Å². The SMILES string of the molecule is Cc1cnc(-n2ccc(C)c(C(C)(C)C)c2=O)cc1-n1c(C)cc(OCc2ncc(F)cc2F)c(Cl)c1=O. The molecular formula is C28H27ClF2N4O3. The van der Waals surface area contributed by atoms with Gasteiger partial charge in [-0.05, 0) is 43.4 Å². The molecule has 0 radical (unpaired) electrons. The second-order valence-electron chi connectivity index (χ2n) is 10.1. The highest BCUT2D eigenvalue weighted by Gasteiger charge is 2.23.